The first-order chi connectivity index (χ1) is 6.88. The highest BCUT2D eigenvalue weighted by Gasteiger charge is 2.22. The second kappa shape index (κ2) is 4.00. The largest absolute Gasteiger partial charge is 0.491 e. The van der Waals surface area contributed by atoms with Crippen LogP contribution in [0.1, 0.15) is 0 Å². The minimum absolute atomic E-state index is 0.234. The van der Waals surface area contributed by atoms with Gasteiger partial charge in [-0.05, 0) is 17.7 Å². The van der Waals surface area contributed by atoms with Crippen molar-refractivity contribution in [2.24, 2.45) is 5.11 Å². The van der Waals surface area contributed by atoms with Crippen LogP contribution in [0.15, 0.2) is 29.4 Å². The topological polar surface area (TPSA) is 70.5 Å². The maximum Gasteiger partial charge on any atom is 0.119 e. The van der Waals surface area contributed by atoms with Gasteiger partial charge in [-0.25, -0.2) is 0 Å². The molecule has 1 fully saturated rings. The Balaban J connectivity index is 2.00. The van der Waals surface area contributed by atoms with Gasteiger partial charge in [0.1, 0.15) is 18.5 Å². The highest BCUT2D eigenvalue weighted by Crippen LogP contribution is 2.21. The van der Waals surface area contributed by atoms with E-state index >= 15 is 0 Å². The van der Waals surface area contributed by atoms with Crippen molar-refractivity contribution in [1.29, 1.82) is 0 Å². The maximum atomic E-state index is 8.24. The molecular formula is C9H9N3O2. The molecule has 0 amide bonds. The lowest BCUT2D eigenvalue weighted by Gasteiger charge is -2.03. The van der Waals surface area contributed by atoms with Gasteiger partial charge in [-0.15, -0.1) is 0 Å². The highest BCUT2D eigenvalue weighted by molar-refractivity contribution is 5.42. The SMILES string of the molecule is [N-]=[N+]=Nc1cccc(OCC2CO2)c1. The number of azide groups is 1. The van der Waals surface area contributed by atoms with Gasteiger partial charge in [0.25, 0.3) is 0 Å². The normalized spacial score (nSPS) is 18.4. The molecule has 1 aromatic carbocycles. The summed E-state index contributed by atoms with van der Waals surface area (Å²) in [5, 5.41) is 3.48. The summed E-state index contributed by atoms with van der Waals surface area (Å²) in [6.45, 7) is 1.33. The Morgan fingerprint density at radius 1 is 1.64 bits per heavy atom. The summed E-state index contributed by atoms with van der Waals surface area (Å²) < 4.78 is 10.4. The van der Waals surface area contributed by atoms with Crippen molar-refractivity contribution in [3.8, 4) is 5.75 Å². The van der Waals surface area contributed by atoms with Crippen molar-refractivity contribution in [2.75, 3.05) is 13.2 Å². The van der Waals surface area contributed by atoms with Gasteiger partial charge in [-0.2, -0.15) is 0 Å². The summed E-state index contributed by atoms with van der Waals surface area (Å²) in [6, 6.07) is 7.02. The van der Waals surface area contributed by atoms with Crippen molar-refractivity contribution < 1.29 is 9.47 Å². The summed E-state index contributed by atoms with van der Waals surface area (Å²) in [5.74, 6) is 0.699. The fourth-order valence-electron chi connectivity index (χ4n) is 1.04. The van der Waals surface area contributed by atoms with Crippen LogP contribution in [-0.4, -0.2) is 19.3 Å². The first-order valence-corrected chi connectivity index (χ1v) is 4.28. The van der Waals surface area contributed by atoms with Crippen LogP contribution in [0.4, 0.5) is 5.69 Å². The minimum Gasteiger partial charge on any atom is -0.491 e. The molecule has 1 aliphatic heterocycles. The molecule has 0 radical (unpaired) electrons. The van der Waals surface area contributed by atoms with E-state index in [-0.39, 0.29) is 6.10 Å². The first kappa shape index (κ1) is 8.87. The number of ether oxygens (including phenoxy) is 2. The molecule has 1 unspecified atom stereocenters. The average Bonchev–Trinajstić information content (AvgIpc) is 2.99. The molecule has 72 valence electrons. The fourth-order valence-corrected chi connectivity index (χ4v) is 1.04. The van der Waals surface area contributed by atoms with Gasteiger partial charge in [-0.3, -0.25) is 0 Å². The lowest BCUT2D eigenvalue weighted by Crippen LogP contribution is -2.03. The Bertz CT molecular complexity index is 370. The van der Waals surface area contributed by atoms with Gasteiger partial charge in [0.15, 0.2) is 0 Å². The zero-order valence-corrected chi connectivity index (χ0v) is 7.46. The first-order valence-electron chi connectivity index (χ1n) is 4.28. The summed E-state index contributed by atoms with van der Waals surface area (Å²) in [6.07, 6.45) is 0.234. The van der Waals surface area contributed by atoms with Crippen molar-refractivity contribution in [3.63, 3.8) is 0 Å². The molecule has 1 heterocycles. The van der Waals surface area contributed by atoms with Gasteiger partial charge >= 0.3 is 0 Å². The van der Waals surface area contributed by atoms with Crippen molar-refractivity contribution in [3.05, 3.63) is 34.7 Å². The van der Waals surface area contributed by atoms with Crippen molar-refractivity contribution >= 4 is 5.69 Å². The van der Waals surface area contributed by atoms with Crippen LogP contribution in [0.3, 0.4) is 0 Å². The van der Waals surface area contributed by atoms with Crippen LogP contribution in [0, 0.1) is 0 Å². The third-order valence-corrected chi connectivity index (χ3v) is 1.82. The quantitative estimate of drug-likeness (QED) is 0.317. The fraction of sp³-hybridized carbons (Fsp3) is 0.333. The molecule has 0 aliphatic carbocycles. The number of hydrogen-bond acceptors (Lipinski definition) is 3. The van der Waals surface area contributed by atoms with E-state index in [1.807, 2.05) is 6.07 Å². The molecular weight excluding hydrogens is 182 g/mol. The smallest absolute Gasteiger partial charge is 0.119 e. The molecule has 14 heavy (non-hydrogen) atoms. The lowest BCUT2D eigenvalue weighted by molar-refractivity contribution is 0.263. The molecule has 0 bridgehead atoms. The van der Waals surface area contributed by atoms with E-state index in [0.717, 1.165) is 6.61 Å². The Kier molecular flexibility index (Phi) is 2.53. The van der Waals surface area contributed by atoms with E-state index in [9.17, 15) is 0 Å². The summed E-state index contributed by atoms with van der Waals surface area (Å²) in [7, 11) is 0. The molecule has 1 aromatic rings. The zero-order chi connectivity index (χ0) is 9.80. The van der Waals surface area contributed by atoms with Crippen LogP contribution in [0.25, 0.3) is 10.4 Å². The predicted octanol–water partition coefficient (Wildman–Crippen LogP) is 2.41. The molecule has 0 N–H and O–H groups in total. The van der Waals surface area contributed by atoms with E-state index in [0.29, 0.717) is 18.0 Å². The predicted molar refractivity (Wildman–Crippen MR) is 50.5 cm³/mol. The number of nitrogens with zero attached hydrogens (tertiary/aromatic N) is 3. The summed E-state index contributed by atoms with van der Waals surface area (Å²) >= 11 is 0. The molecule has 5 heteroatoms. The Hall–Kier alpha value is -1.71. The third kappa shape index (κ3) is 2.39. The molecule has 0 saturated carbocycles. The van der Waals surface area contributed by atoms with Crippen molar-refractivity contribution in [1.82, 2.24) is 0 Å². The van der Waals surface area contributed by atoms with Crippen LogP contribution < -0.4 is 4.74 Å². The van der Waals surface area contributed by atoms with E-state index in [1.54, 1.807) is 18.2 Å². The van der Waals surface area contributed by atoms with Crippen LogP contribution in [0.5, 0.6) is 5.75 Å². The Morgan fingerprint density at radius 2 is 2.50 bits per heavy atom. The molecule has 5 nitrogen and oxygen atoms in total. The van der Waals surface area contributed by atoms with Gasteiger partial charge in [0, 0.05) is 10.6 Å². The minimum atomic E-state index is 0.234. The standard InChI is InChI=1S/C9H9N3O2/c10-12-11-7-2-1-3-8(4-7)13-5-9-6-14-9/h1-4,9H,5-6H2. The second-order valence-corrected chi connectivity index (χ2v) is 2.95. The van der Waals surface area contributed by atoms with Gasteiger partial charge in [0.2, 0.25) is 0 Å². The van der Waals surface area contributed by atoms with Crippen molar-refractivity contribution in [2.45, 2.75) is 6.10 Å². The molecule has 0 spiro atoms. The highest BCUT2D eigenvalue weighted by atomic mass is 16.6. The van der Waals surface area contributed by atoms with Gasteiger partial charge in [0.05, 0.1) is 6.61 Å². The second-order valence-electron chi connectivity index (χ2n) is 2.95. The Labute approximate surface area is 80.9 Å². The molecule has 1 aliphatic rings. The molecule has 1 atom stereocenters. The molecule has 0 aromatic heterocycles. The van der Waals surface area contributed by atoms with E-state index in [4.69, 9.17) is 15.0 Å². The van der Waals surface area contributed by atoms with E-state index < -0.39 is 0 Å². The summed E-state index contributed by atoms with van der Waals surface area (Å²) in [4.78, 5) is 2.70. The zero-order valence-electron chi connectivity index (χ0n) is 7.46. The van der Waals surface area contributed by atoms with Crippen LogP contribution in [-0.2, 0) is 4.74 Å². The maximum absolute atomic E-state index is 8.24. The average molecular weight is 191 g/mol. The molecule has 2 rings (SSSR count). The number of epoxide rings is 1. The molecule has 1 saturated heterocycles. The number of hydrogen-bond donors (Lipinski definition) is 0. The number of benzene rings is 1. The number of rotatable bonds is 4. The Morgan fingerprint density at radius 3 is 3.21 bits per heavy atom. The monoisotopic (exact) mass is 191 g/mol. The van der Waals surface area contributed by atoms with E-state index in [1.165, 1.54) is 0 Å². The van der Waals surface area contributed by atoms with E-state index in [2.05, 4.69) is 10.0 Å². The van der Waals surface area contributed by atoms with Crippen LogP contribution in [0.2, 0.25) is 0 Å². The third-order valence-electron chi connectivity index (χ3n) is 1.82. The lowest BCUT2D eigenvalue weighted by atomic mass is 10.3. The summed E-state index contributed by atoms with van der Waals surface area (Å²) in [5.41, 5.74) is 8.79. The van der Waals surface area contributed by atoms with Gasteiger partial charge in [-0.1, -0.05) is 17.2 Å². The van der Waals surface area contributed by atoms with Gasteiger partial charge < -0.3 is 9.47 Å². The van der Waals surface area contributed by atoms with Crippen LogP contribution >= 0.6 is 0 Å².